The Labute approximate surface area is 204 Å². The molecule has 0 heterocycles. The Morgan fingerprint density at radius 2 is 1.71 bits per heavy atom. The average Bonchev–Trinajstić information content (AvgIpc) is 3.04. The van der Waals surface area contributed by atoms with Crippen LogP contribution in [0.1, 0.15) is 59.3 Å². The molecule has 0 bridgehead atoms. The number of fused-ring (bicyclic) bond motifs is 5. The fourth-order valence-corrected chi connectivity index (χ4v) is 7.56. The van der Waals surface area contributed by atoms with E-state index >= 15 is 0 Å². The summed E-state index contributed by atoms with van der Waals surface area (Å²) < 4.78 is 0. The van der Waals surface area contributed by atoms with Gasteiger partial charge in [-0.15, -0.1) is 0 Å². The van der Waals surface area contributed by atoms with Gasteiger partial charge < -0.3 is 25.5 Å². The molecular formula is C26H36O9. The Bertz CT molecular complexity index is 954. The second-order valence-electron chi connectivity index (χ2n) is 11.0. The molecule has 0 unspecified atom stereocenters. The van der Waals surface area contributed by atoms with E-state index in [1.165, 1.54) is 0 Å². The lowest BCUT2D eigenvalue weighted by Crippen LogP contribution is -2.62. The number of allylic oxidation sites excluding steroid dienone is 4. The van der Waals surface area contributed by atoms with Gasteiger partial charge in [-0.25, -0.2) is 0 Å². The lowest BCUT2D eigenvalue weighted by Gasteiger charge is -2.60. The first-order chi connectivity index (χ1) is 16.2. The van der Waals surface area contributed by atoms with Gasteiger partial charge in [-0.1, -0.05) is 32.4 Å². The summed E-state index contributed by atoms with van der Waals surface area (Å²) in [7, 11) is 0. The molecule has 0 aliphatic heterocycles. The molecule has 194 valence electrons. The number of carbonyl (C=O) groups excluding carboxylic acids is 2. The second-order valence-corrected chi connectivity index (χ2v) is 11.0. The van der Waals surface area contributed by atoms with Gasteiger partial charge in [-0.2, -0.15) is 0 Å². The van der Waals surface area contributed by atoms with E-state index in [1.807, 2.05) is 13.0 Å². The molecule has 0 saturated heterocycles. The van der Waals surface area contributed by atoms with Crippen LogP contribution in [-0.2, 0) is 19.2 Å². The smallest absolute Gasteiger partial charge is 0.303 e. The fraction of sp³-hybridized carbons (Fsp3) is 0.692. The molecule has 8 atom stereocenters. The van der Waals surface area contributed by atoms with Gasteiger partial charge in [0.1, 0.15) is 12.2 Å². The van der Waals surface area contributed by atoms with E-state index in [0.29, 0.717) is 12.8 Å². The fourth-order valence-electron chi connectivity index (χ4n) is 7.56. The maximum atomic E-state index is 12.4. The standard InChI is InChI=1S/C22H30O5.C4H6O4/c1-12-8-14-15-5-7-22(27,18(26)11-23)21(15,3)10-17(25)19(14)20(2)6-4-13(24)9-16(12)20;5-3(6)1-2-4(7)8/h4,6,9,12,14-15,17,19,23,25,27H,5,7-8,10-11H2,1-3H3;1-2H2,(H,5,6)(H,7,8)/t12-,14-,15-,17-,19+,20-,21-,22-;/m0./s1. The van der Waals surface area contributed by atoms with Crippen molar-refractivity contribution < 1.29 is 44.7 Å². The minimum Gasteiger partial charge on any atom is -0.481 e. The number of carbonyl (C=O) groups is 4. The number of carboxylic acid groups (broad SMARTS) is 2. The zero-order chi connectivity index (χ0) is 26.3. The molecule has 9 nitrogen and oxygen atoms in total. The van der Waals surface area contributed by atoms with E-state index in [1.54, 1.807) is 12.2 Å². The van der Waals surface area contributed by atoms with Crippen LogP contribution in [0.15, 0.2) is 23.8 Å². The van der Waals surface area contributed by atoms with Crippen molar-refractivity contribution in [2.24, 2.45) is 34.5 Å². The molecule has 0 aromatic carbocycles. The molecule has 4 aliphatic rings. The number of aliphatic hydroxyl groups excluding tert-OH is 2. The van der Waals surface area contributed by atoms with Crippen molar-refractivity contribution in [2.75, 3.05) is 6.61 Å². The van der Waals surface area contributed by atoms with Crippen molar-refractivity contribution in [3.63, 3.8) is 0 Å². The van der Waals surface area contributed by atoms with Crippen LogP contribution in [0.2, 0.25) is 0 Å². The van der Waals surface area contributed by atoms with Crippen LogP contribution in [0, 0.1) is 34.5 Å². The summed E-state index contributed by atoms with van der Waals surface area (Å²) in [5.41, 5.74) is -1.59. The van der Waals surface area contributed by atoms with Gasteiger partial charge in [0.2, 0.25) is 0 Å². The maximum Gasteiger partial charge on any atom is 0.303 e. The number of Topliss-reactive ketones (excluding diaryl/α,β-unsaturated/α-hetero) is 1. The Balaban J connectivity index is 0.000000371. The summed E-state index contributed by atoms with van der Waals surface area (Å²) >= 11 is 0. The highest BCUT2D eigenvalue weighted by Crippen LogP contribution is 2.67. The molecule has 35 heavy (non-hydrogen) atoms. The van der Waals surface area contributed by atoms with Gasteiger partial charge >= 0.3 is 11.9 Å². The Hall–Kier alpha value is -2.36. The van der Waals surface area contributed by atoms with Crippen LogP contribution >= 0.6 is 0 Å². The number of aliphatic hydroxyl groups is 3. The zero-order valence-corrected chi connectivity index (χ0v) is 20.4. The van der Waals surface area contributed by atoms with Gasteiger partial charge in [-0.05, 0) is 55.6 Å². The molecule has 9 heteroatoms. The summed E-state index contributed by atoms with van der Waals surface area (Å²) in [5, 5.41) is 47.7. The third kappa shape index (κ3) is 4.49. The molecule has 0 amide bonds. The maximum absolute atomic E-state index is 12.4. The summed E-state index contributed by atoms with van der Waals surface area (Å²) in [6.45, 7) is 5.48. The third-order valence-electron chi connectivity index (χ3n) is 9.13. The molecule has 4 aliphatic carbocycles. The van der Waals surface area contributed by atoms with Crippen molar-refractivity contribution >= 4 is 23.5 Å². The van der Waals surface area contributed by atoms with Crippen molar-refractivity contribution in [1.82, 2.24) is 0 Å². The van der Waals surface area contributed by atoms with Crippen LogP contribution in [-0.4, -0.2) is 67.3 Å². The second kappa shape index (κ2) is 9.59. The van der Waals surface area contributed by atoms with Gasteiger partial charge in [0.15, 0.2) is 11.6 Å². The highest BCUT2D eigenvalue weighted by Gasteiger charge is 2.68. The number of aliphatic carboxylic acids is 2. The molecule has 0 aromatic heterocycles. The van der Waals surface area contributed by atoms with Gasteiger partial charge in [0.25, 0.3) is 0 Å². The van der Waals surface area contributed by atoms with E-state index in [4.69, 9.17) is 10.2 Å². The molecule has 0 aromatic rings. The van der Waals surface area contributed by atoms with E-state index in [9.17, 15) is 34.5 Å². The minimum atomic E-state index is -1.57. The van der Waals surface area contributed by atoms with Crippen LogP contribution in [0.4, 0.5) is 0 Å². The normalized spacial score (nSPS) is 41.5. The Morgan fingerprint density at radius 1 is 1.11 bits per heavy atom. The topological polar surface area (TPSA) is 169 Å². The molecule has 3 fully saturated rings. The minimum absolute atomic E-state index is 0.00620. The molecule has 4 rings (SSSR count). The van der Waals surface area contributed by atoms with Crippen molar-refractivity contribution in [3.8, 4) is 0 Å². The lowest BCUT2D eigenvalue weighted by molar-refractivity contribution is -0.180. The quantitative estimate of drug-likeness (QED) is 0.383. The highest BCUT2D eigenvalue weighted by atomic mass is 16.4. The monoisotopic (exact) mass is 492 g/mol. The molecule has 5 N–H and O–H groups in total. The van der Waals surface area contributed by atoms with Crippen molar-refractivity contribution in [3.05, 3.63) is 23.8 Å². The first kappa shape index (κ1) is 27.2. The van der Waals surface area contributed by atoms with Crippen LogP contribution in [0.3, 0.4) is 0 Å². The van der Waals surface area contributed by atoms with Gasteiger partial charge in [0.05, 0.1) is 18.9 Å². The number of hydrogen-bond acceptors (Lipinski definition) is 7. The number of hydrogen-bond donors (Lipinski definition) is 5. The van der Waals surface area contributed by atoms with Crippen LogP contribution in [0.25, 0.3) is 0 Å². The summed E-state index contributed by atoms with van der Waals surface area (Å²) in [6, 6.07) is 0. The predicted octanol–water partition coefficient (Wildman–Crippen LogP) is 1.74. The van der Waals surface area contributed by atoms with Crippen LogP contribution < -0.4 is 0 Å². The zero-order valence-electron chi connectivity index (χ0n) is 20.4. The van der Waals surface area contributed by atoms with Crippen molar-refractivity contribution in [1.29, 1.82) is 0 Å². The average molecular weight is 493 g/mol. The summed E-state index contributed by atoms with van der Waals surface area (Å²) in [6.07, 6.45) is 6.28. The van der Waals surface area contributed by atoms with Gasteiger partial charge in [-0.3, -0.25) is 19.2 Å². The SMILES string of the molecule is C[C@H]1C[C@@H]2[C@H]([C@@H](O)C[C@@]3(C)[C@H]2CC[C@]3(O)C(=O)CO)[C@@]2(C)C=CC(=O)C=C12.O=C(O)CCC(=O)O. The first-order valence-corrected chi connectivity index (χ1v) is 12.1. The van der Waals surface area contributed by atoms with Crippen molar-refractivity contribution in [2.45, 2.75) is 71.0 Å². The first-order valence-electron chi connectivity index (χ1n) is 12.1. The molecule has 0 spiro atoms. The van der Waals surface area contributed by atoms with E-state index in [2.05, 4.69) is 13.8 Å². The highest BCUT2D eigenvalue weighted by molar-refractivity contribution is 6.01. The molecule has 3 saturated carbocycles. The van der Waals surface area contributed by atoms with E-state index in [0.717, 1.165) is 18.4 Å². The lowest BCUT2D eigenvalue weighted by atomic mass is 9.45. The van der Waals surface area contributed by atoms with Crippen LogP contribution in [0.5, 0.6) is 0 Å². The Kier molecular flexibility index (Phi) is 7.47. The van der Waals surface area contributed by atoms with E-state index < -0.39 is 41.4 Å². The summed E-state index contributed by atoms with van der Waals surface area (Å²) in [5.74, 6) is -2.23. The number of rotatable bonds is 5. The van der Waals surface area contributed by atoms with E-state index in [-0.39, 0.29) is 47.7 Å². The Morgan fingerprint density at radius 3 is 2.26 bits per heavy atom. The molecular weight excluding hydrogens is 456 g/mol. The number of carboxylic acids is 2. The summed E-state index contributed by atoms with van der Waals surface area (Å²) in [4.78, 5) is 43.6. The van der Waals surface area contributed by atoms with Gasteiger partial charge in [0, 0.05) is 16.7 Å². The largest absolute Gasteiger partial charge is 0.481 e. The number of ketones is 2. The predicted molar refractivity (Wildman–Crippen MR) is 124 cm³/mol. The third-order valence-corrected chi connectivity index (χ3v) is 9.13. The molecule has 0 radical (unpaired) electrons.